The molecule has 0 bridgehead atoms. The van der Waals surface area contributed by atoms with Crippen molar-refractivity contribution in [1.29, 1.82) is 0 Å². The summed E-state index contributed by atoms with van der Waals surface area (Å²) in [6.45, 7) is 4.22. The summed E-state index contributed by atoms with van der Waals surface area (Å²) in [5, 5.41) is 12.2. The monoisotopic (exact) mass is 305 g/mol. The molecule has 6 heteroatoms. The van der Waals surface area contributed by atoms with Crippen molar-refractivity contribution in [2.75, 3.05) is 0 Å². The van der Waals surface area contributed by atoms with E-state index in [4.69, 9.17) is 11.6 Å². The van der Waals surface area contributed by atoms with Crippen LogP contribution in [0.25, 0.3) is 0 Å². The number of carbonyl (C=O) groups is 1. The van der Waals surface area contributed by atoms with Crippen molar-refractivity contribution >= 4 is 17.5 Å². The van der Waals surface area contributed by atoms with Crippen molar-refractivity contribution in [1.82, 2.24) is 15.3 Å². The van der Waals surface area contributed by atoms with Gasteiger partial charge in [-0.05, 0) is 17.7 Å². The summed E-state index contributed by atoms with van der Waals surface area (Å²) in [6, 6.07) is 6.60. The molecule has 1 aromatic carbocycles. The summed E-state index contributed by atoms with van der Waals surface area (Å²) in [6.07, 6.45) is 1.44. The van der Waals surface area contributed by atoms with Gasteiger partial charge in [-0.15, -0.1) is 0 Å². The van der Waals surface area contributed by atoms with Crippen LogP contribution < -0.4 is 5.32 Å². The van der Waals surface area contributed by atoms with Gasteiger partial charge in [0.1, 0.15) is 17.3 Å². The topological polar surface area (TPSA) is 75.1 Å². The largest absolute Gasteiger partial charge is 0.508 e. The molecule has 1 heterocycles. The van der Waals surface area contributed by atoms with Gasteiger partial charge in [0.15, 0.2) is 0 Å². The number of aromatic nitrogens is 2. The number of rotatable bonds is 4. The number of aromatic hydroxyl groups is 1. The molecule has 110 valence electrons. The van der Waals surface area contributed by atoms with Crippen LogP contribution in [0.3, 0.4) is 0 Å². The standard InChI is InChI=1S/C15H16ClN3O2/c1-9(2)14-17-8-12(16)13(19-14)15(21)18-7-10-3-5-11(20)6-4-10/h3-6,8-9,20H,7H2,1-2H3,(H,18,21). The molecule has 1 amide bonds. The molecule has 1 aromatic heterocycles. The predicted octanol–water partition coefficient (Wildman–Crippen LogP) is 2.89. The smallest absolute Gasteiger partial charge is 0.271 e. The molecule has 2 aromatic rings. The molecule has 2 N–H and O–H groups in total. The Bertz CT molecular complexity index is 642. The maximum atomic E-state index is 12.1. The first-order valence-electron chi connectivity index (χ1n) is 6.56. The molecular weight excluding hydrogens is 290 g/mol. The lowest BCUT2D eigenvalue weighted by Crippen LogP contribution is -2.25. The van der Waals surface area contributed by atoms with Gasteiger partial charge in [-0.1, -0.05) is 37.6 Å². The number of halogens is 1. The Morgan fingerprint density at radius 2 is 2.00 bits per heavy atom. The van der Waals surface area contributed by atoms with Crippen LogP contribution in [0.1, 0.15) is 41.6 Å². The summed E-state index contributed by atoms with van der Waals surface area (Å²) >= 11 is 5.98. The number of nitrogens with zero attached hydrogens (tertiary/aromatic N) is 2. The van der Waals surface area contributed by atoms with E-state index >= 15 is 0 Å². The van der Waals surface area contributed by atoms with Crippen molar-refractivity contribution in [3.8, 4) is 5.75 Å². The minimum atomic E-state index is -0.350. The van der Waals surface area contributed by atoms with E-state index in [1.807, 2.05) is 13.8 Å². The number of hydrogen-bond acceptors (Lipinski definition) is 4. The molecule has 0 spiro atoms. The maximum absolute atomic E-state index is 12.1. The lowest BCUT2D eigenvalue weighted by atomic mass is 10.2. The van der Waals surface area contributed by atoms with Gasteiger partial charge >= 0.3 is 0 Å². The molecule has 0 atom stereocenters. The van der Waals surface area contributed by atoms with Gasteiger partial charge in [0.2, 0.25) is 0 Å². The van der Waals surface area contributed by atoms with E-state index < -0.39 is 0 Å². The average Bonchev–Trinajstić information content (AvgIpc) is 2.46. The van der Waals surface area contributed by atoms with Gasteiger partial charge in [0.25, 0.3) is 5.91 Å². The van der Waals surface area contributed by atoms with Crippen molar-refractivity contribution in [2.45, 2.75) is 26.3 Å². The molecule has 0 aliphatic rings. The van der Waals surface area contributed by atoms with Crippen LogP contribution in [0.5, 0.6) is 5.75 Å². The molecule has 2 rings (SSSR count). The minimum absolute atomic E-state index is 0.117. The van der Waals surface area contributed by atoms with Gasteiger partial charge in [0, 0.05) is 12.5 Å². The molecule has 0 aliphatic heterocycles. The van der Waals surface area contributed by atoms with Gasteiger partial charge in [-0.25, -0.2) is 9.97 Å². The zero-order valence-corrected chi connectivity index (χ0v) is 12.6. The van der Waals surface area contributed by atoms with E-state index in [0.717, 1.165) is 5.56 Å². The van der Waals surface area contributed by atoms with Gasteiger partial charge in [-0.2, -0.15) is 0 Å². The highest BCUT2D eigenvalue weighted by Crippen LogP contribution is 2.16. The number of carbonyl (C=O) groups excluding carboxylic acids is 1. The van der Waals surface area contributed by atoms with Crippen LogP contribution in [-0.2, 0) is 6.54 Å². The summed E-state index contributed by atoms with van der Waals surface area (Å²) in [5.74, 6) is 0.531. The summed E-state index contributed by atoms with van der Waals surface area (Å²) < 4.78 is 0. The van der Waals surface area contributed by atoms with E-state index in [-0.39, 0.29) is 28.3 Å². The second kappa shape index (κ2) is 6.54. The Morgan fingerprint density at radius 1 is 1.33 bits per heavy atom. The van der Waals surface area contributed by atoms with Crippen molar-refractivity contribution in [3.63, 3.8) is 0 Å². The van der Waals surface area contributed by atoms with E-state index in [1.165, 1.54) is 6.20 Å². The van der Waals surface area contributed by atoms with Crippen molar-refractivity contribution in [2.24, 2.45) is 0 Å². The highest BCUT2D eigenvalue weighted by atomic mass is 35.5. The lowest BCUT2D eigenvalue weighted by molar-refractivity contribution is 0.0945. The fourth-order valence-electron chi connectivity index (χ4n) is 1.70. The van der Waals surface area contributed by atoms with Gasteiger partial charge < -0.3 is 10.4 Å². The first-order chi connectivity index (χ1) is 9.97. The molecule has 0 fully saturated rings. The summed E-state index contributed by atoms with van der Waals surface area (Å²) in [4.78, 5) is 20.4. The average molecular weight is 306 g/mol. The van der Waals surface area contributed by atoms with Crippen LogP contribution in [0.15, 0.2) is 30.5 Å². The summed E-state index contributed by atoms with van der Waals surface area (Å²) in [5.41, 5.74) is 1.05. The SMILES string of the molecule is CC(C)c1ncc(Cl)c(C(=O)NCc2ccc(O)cc2)n1. The van der Waals surface area contributed by atoms with Crippen molar-refractivity contribution < 1.29 is 9.90 Å². The Kier molecular flexibility index (Phi) is 4.75. The highest BCUT2D eigenvalue weighted by Gasteiger charge is 2.15. The van der Waals surface area contributed by atoms with E-state index in [2.05, 4.69) is 15.3 Å². The predicted molar refractivity (Wildman–Crippen MR) is 80.4 cm³/mol. The van der Waals surface area contributed by atoms with E-state index in [0.29, 0.717) is 12.4 Å². The second-order valence-electron chi connectivity index (χ2n) is 4.93. The fraction of sp³-hybridized carbons (Fsp3) is 0.267. The normalized spacial score (nSPS) is 10.7. The molecule has 0 aliphatic carbocycles. The third-order valence-corrected chi connectivity index (χ3v) is 3.16. The molecular formula is C15H16ClN3O2. The van der Waals surface area contributed by atoms with Crippen molar-refractivity contribution in [3.05, 3.63) is 52.6 Å². The Hall–Kier alpha value is -2.14. The second-order valence-corrected chi connectivity index (χ2v) is 5.34. The molecule has 0 saturated carbocycles. The third-order valence-electron chi connectivity index (χ3n) is 2.88. The first kappa shape index (κ1) is 15.3. The lowest BCUT2D eigenvalue weighted by Gasteiger charge is -2.09. The van der Waals surface area contributed by atoms with Gasteiger partial charge in [-0.3, -0.25) is 4.79 Å². The van der Waals surface area contributed by atoms with E-state index in [1.54, 1.807) is 24.3 Å². The number of hydrogen-bond donors (Lipinski definition) is 2. The number of phenols is 1. The molecule has 0 saturated heterocycles. The molecule has 0 unspecified atom stereocenters. The zero-order valence-electron chi connectivity index (χ0n) is 11.8. The molecule has 0 radical (unpaired) electrons. The number of benzene rings is 1. The highest BCUT2D eigenvalue weighted by molar-refractivity contribution is 6.33. The zero-order chi connectivity index (χ0) is 15.4. The van der Waals surface area contributed by atoms with Crippen LogP contribution >= 0.6 is 11.6 Å². The van der Waals surface area contributed by atoms with Crippen LogP contribution in [0.4, 0.5) is 0 Å². The number of nitrogens with one attached hydrogen (secondary N) is 1. The molecule has 5 nitrogen and oxygen atoms in total. The maximum Gasteiger partial charge on any atom is 0.271 e. The van der Waals surface area contributed by atoms with Crippen LogP contribution in [0.2, 0.25) is 5.02 Å². The third kappa shape index (κ3) is 3.92. The Labute approximate surface area is 128 Å². The Balaban J connectivity index is 2.09. The summed E-state index contributed by atoms with van der Waals surface area (Å²) in [7, 11) is 0. The number of phenolic OH excluding ortho intramolecular Hbond substituents is 1. The minimum Gasteiger partial charge on any atom is -0.508 e. The van der Waals surface area contributed by atoms with Crippen LogP contribution in [0, 0.1) is 0 Å². The quantitative estimate of drug-likeness (QED) is 0.910. The Morgan fingerprint density at radius 3 is 2.62 bits per heavy atom. The first-order valence-corrected chi connectivity index (χ1v) is 6.93. The molecule has 21 heavy (non-hydrogen) atoms. The van der Waals surface area contributed by atoms with Crippen LogP contribution in [-0.4, -0.2) is 21.0 Å². The number of amides is 1. The van der Waals surface area contributed by atoms with E-state index in [9.17, 15) is 9.90 Å². The van der Waals surface area contributed by atoms with Gasteiger partial charge in [0.05, 0.1) is 11.2 Å². The fourth-order valence-corrected chi connectivity index (χ4v) is 1.87.